The van der Waals surface area contributed by atoms with Crippen LogP contribution in [-0.4, -0.2) is 11.9 Å². The van der Waals surface area contributed by atoms with E-state index in [-0.39, 0.29) is 0 Å². The van der Waals surface area contributed by atoms with Crippen LogP contribution in [0.4, 0.5) is 0 Å². The number of primary amides is 1. The van der Waals surface area contributed by atoms with Crippen molar-refractivity contribution >= 4 is 11.9 Å². The third-order valence-electron chi connectivity index (χ3n) is 1.93. The average molecular weight is 219 g/mol. The van der Waals surface area contributed by atoms with E-state index in [4.69, 9.17) is 10.5 Å². The van der Waals surface area contributed by atoms with Crippen LogP contribution in [0.2, 0.25) is 0 Å². The summed E-state index contributed by atoms with van der Waals surface area (Å²) in [4.78, 5) is 21.5. The van der Waals surface area contributed by atoms with Gasteiger partial charge in [-0.25, -0.2) is 4.79 Å². The molecule has 84 valence electrons. The number of benzene rings is 1. The zero-order valence-corrected chi connectivity index (χ0v) is 8.97. The van der Waals surface area contributed by atoms with Gasteiger partial charge in [-0.05, 0) is 24.1 Å². The molecule has 0 bridgehead atoms. The number of esters is 1. The second-order valence-electron chi connectivity index (χ2n) is 3.15. The number of nitrogens with two attached hydrogens (primary N) is 1. The predicted octanol–water partition coefficient (Wildman–Crippen LogP) is 1.20. The molecular formula is C12H13NO3. The first-order valence-electron chi connectivity index (χ1n) is 4.90. The maximum Gasteiger partial charge on any atom is 0.336 e. The Labute approximate surface area is 93.7 Å². The zero-order chi connectivity index (χ0) is 12.0. The maximum atomic E-state index is 11.2. The van der Waals surface area contributed by atoms with Crippen LogP contribution in [0.25, 0.3) is 0 Å². The van der Waals surface area contributed by atoms with Crippen LogP contribution in [0.3, 0.4) is 0 Å². The van der Waals surface area contributed by atoms with Gasteiger partial charge in [0.1, 0.15) is 5.75 Å². The third-order valence-corrected chi connectivity index (χ3v) is 1.93. The fourth-order valence-corrected chi connectivity index (χ4v) is 1.09. The topological polar surface area (TPSA) is 69.4 Å². The van der Waals surface area contributed by atoms with Crippen LogP contribution in [0.1, 0.15) is 12.5 Å². The van der Waals surface area contributed by atoms with Crippen molar-refractivity contribution in [2.75, 3.05) is 0 Å². The Morgan fingerprint density at radius 2 is 1.88 bits per heavy atom. The van der Waals surface area contributed by atoms with Gasteiger partial charge in [0.05, 0.1) is 0 Å². The first-order chi connectivity index (χ1) is 7.61. The molecule has 0 aliphatic heterocycles. The molecule has 1 amide bonds. The van der Waals surface area contributed by atoms with E-state index in [1.807, 2.05) is 19.1 Å². The molecule has 0 atom stereocenters. The van der Waals surface area contributed by atoms with Crippen molar-refractivity contribution in [3.05, 3.63) is 42.0 Å². The highest BCUT2D eigenvalue weighted by Gasteiger charge is 2.00. The van der Waals surface area contributed by atoms with Crippen LogP contribution in [-0.2, 0) is 16.0 Å². The van der Waals surface area contributed by atoms with Gasteiger partial charge in [-0.1, -0.05) is 19.1 Å². The van der Waals surface area contributed by atoms with Gasteiger partial charge in [0.2, 0.25) is 5.91 Å². The second-order valence-corrected chi connectivity index (χ2v) is 3.15. The van der Waals surface area contributed by atoms with Crippen molar-refractivity contribution in [1.29, 1.82) is 0 Å². The summed E-state index contributed by atoms with van der Waals surface area (Å²) >= 11 is 0. The number of hydrogen-bond acceptors (Lipinski definition) is 3. The predicted molar refractivity (Wildman–Crippen MR) is 59.8 cm³/mol. The summed E-state index contributed by atoms with van der Waals surface area (Å²) in [5, 5.41) is 0. The van der Waals surface area contributed by atoms with Crippen LogP contribution in [0.15, 0.2) is 36.4 Å². The first kappa shape index (κ1) is 12.0. The Hall–Kier alpha value is -2.10. The standard InChI is InChI=1S/C12H13NO3/c1-2-9-3-5-10(6-4-9)16-12(15)8-7-11(13)14/h3-8H,2H2,1H3,(H2,13,14)/b8-7-. The lowest BCUT2D eigenvalue weighted by atomic mass is 10.2. The highest BCUT2D eigenvalue weighted by atomic mass is 16.5. The van der Waals surface area contributed by atoms with Gasteiger partial charge >= 0.3 is 5.97 Å². The summed E-state index contributed by atoms with van der Waals surface area (Å²) < 4.78 is 4.93. The largest absolute Gasteiger partial charge is 0.423 e. The minimum absolute atomic E-state index is 0.441. The fourth-order valence-electron chi connectivity index (χ4n) is 1.09. The average Bonchev–Trinajstić information content (AvgIpc) is 2.27. The number of rotatable bonds is 4. The summed E-state index contributed by atoms with van der Waals surface area (Å²) in [6.45, 7) is 2.04. The Morgan fingerprint density at radius 3 is 2.38 bits per heavy atom. The normalized spacial score (nSPS) is 10.3. The molecule has 1 aromatic rings. The third kappa shape index (κ3) is 3.96. The van der Waals surface area contributed by atoms with Gasteiger partial charge in [-0.3, -0.25) is 4.79 Å². The molecule has 0 saturated carbocycles. The lowest BCUT2D eigenvalue weighted by Crippen LogP contribution is -2.09. The van der Waals surface area contributed by atoms with E-state index in [0.717, 1.165) is 24.1 Å². The number of aryl methyl sites for hydroxylation is 1. The first-order valence-corrected chi connectivity index (χ1v) is 4.90. The van der Waals surface area contributed by atoms with Crippen LogP contribution in [0.5, 0.6) is 5.75 Å². The number of carbonyl (C=O) groups is 2. The number of hydrogen-bond donors (Lipinski definition) is 1. The van der Waals surface area contributed by atoms with Crippen molar-refractivity contribution in [1.82, 2.24) is 0 Å². The Bertz CT molecular complexity index is 407. The van der Waals surface area contributed by atoms with E-state index in [2.05, 4.69) is 0 Å². The molecule has 0 radical (unpaired) electrons. The number of amides is 1. The number of ether oxygens (including phenoxy) is 1. The molecule has 0 aliphatic rings. The maximum absolute atomic E-state index is 11.2. The summed E-state index contributed by atoms with van der Waals surface area (Å²) in [6.07, 6.45) is 2.88. The van der Waals surface area contributed by atoms with Gasteiger partial charge in [0.15, 0.2) is 0 Å². The molecule has 16 heavy (non-hydrogen) atoms. The van der Waals surface area contributed by atoms with Crippen LogP contribution in [0, 0.1) is 0 Å². The van der Waals surface area contributed by atoms with E-state index in [0.29, 0.717) is 5.75 Å². The molecule has 1 aromatic carbocycles. The van der Waals surface area contributed by atoms with E-state index in [9.17, 15) is 9.59 Å². The number of carbonyl (C=O) groups excluding carboxylic acids is 2. The minimum Gasteiger partial charge on any atom is -0.423 e. The SMILES string of the molecule is CCc1ccc(OC(=O)/C=C\C(N)=O)cc1. The molecule has 1 rings (SSSR count). The molecule has 2 N–H and O–H groups in total. The van der Waals surface area contributed by atoms with Crippen molar-refractivity contribution in [3.63, 3.8) is 0 Å². The zero-order valence-electron chi connectivity index (χ0n) is 8.97. The van der Waals surface area contributed by atoms with Crippen LogP contribution < -0.4 is 10.5 Å². The van der Waals surface area contributed by atoms with Gasteiger partial charge < -0.3 is 10.5 Å². The molecule has 4 nitrogen and oxygen atoms in total. The van der Waals surface area contributed by atoms with E-state index in [1.54, 1.807) is 12.1 Å². The second kappa shape index (κ2) is 5.70. The smallest absolute Gasteiger partial charge is 0.336 e. The minimum atomic E-state index is -0.682. The Kier molecular flexibility index (Phi) is 4.27. The van der Waals surface area contributed by atoms with Crippen LogP contribution >= 0.6 is 0 Å². The van der Waals surface area contributed by atoms with Crippen molar-refractivity contribution < 1.29 is 14.3 Å². The lowest BCUT2D eigenvalue weighted by Gasteiger charge is -2.01. The van der Waals surface area contributed by atoms with Gasteiger partial charge in [0.25, 0.3) is 0 Å². The van der Waals surface area contributed by atoms with Crippen molar-refractivity contribution in [3.8, 4) is 5.75 Å². The molecule has 0 heterocycles. The molecule has 0 unspecified atom stereocenters. The van der Waals surface area contributed by atoms with E-state index >= 15 is 0 Å². The quantitative estimate of drug-likeness (QED) is 0.470. The molecule has 0 aromatic heterocycles. The summed E-state index contributed by atoms with van der Waals surface area (Å²) in [7, 11) is 0. The molecule has 0 fully saturated rings. The highest BCUT2D eigenvalue weighted by molar-refractivity contribution is 5.94. The highest BCUT2D eigenvalue weighted by Crippen LogP contribution is 2.12. The lowest BCUT2D eigenvalue weighted by molar-refractivity contribution is -0.129. The van der Waals surface area contributed by atoms with Crippen molar-refractivity contribution in [2.45, 2.75) is 13.3 Å². The summed E-state index contributed by atoms with van der Waals surface area (Å²) in [5.74, 6) is -0.863. The van der Waals surface area contributed by atoms with Gasteiger partial charge in [-0.2, -0.15) is 0 Å². The van der Waals surface area contributed by atoms with E-state index in [1.165, 1.54) is 0 Å². The Morgan fingerprint density at radius 1 is 1.25 bits per heavy atom. The molecule has 0 aliphatic carbocycles. The molecular weight excluding hydrogens is 206 g/mol. The fraction of sp³-hybridized carbons (Fsp3) is 0.167. The molecule has 0 saturated heterocycles. The molecule has 0 spiro atoms. The summed E-state index contributed by atoms with van der Waals surface area (Å²) in [6, 6.07) is 7.16. The van der Waals surface area contributed by atoms with Gasteiger partial charge in [-0.15, -0.1) is 0 Å². The van der Waals surface area contributed by atoms with Crippen molar-refractivity contribution in [2.24, 2.45) is 5.73 Å². The van der Waals surface area contributed by atoms with E-state index < -0.39 is 11.9 Å². The Balaban J connectivity index is 2.59. The van der Waals surface area contributed by atoms with Gasteiger partial charge in [0, 0.05) is 12.2 Å². The molecule has 4 heteroatoms. The monoisotopic (exact) mass is 219 g/mol. The summed E-state index contributed by atoms with van der Waals surface area (Å²) in [5.41, 5.74) is 6.00.